The first-order valence-electron chi connectivity index (χ1n) is 8.60. The molecule has 2 N–H and O–H groups in total. The molecule has 0 spiro atoms. The lowest BCUT2D eigenvalue weighted by Gasteiger charge is -2.23. The van der Waals surface area contributed by atoms with Gasteiger partial charge >= 0.3 is 0 Å². The lowest BCUT2D eigenvalue weighted by atomic mass is 10.1. The molecule has 0 radical (unpaired) electrons. The number of aromatic amines is 2. The van der Waals surface area contributed by atoms with Crippen LogP contribution < -0.4 is 5.43 Å². The second-order valence-corrected chi connectivity index (χ2v) is 7.19. The number of halogens is 1. The van der Waals surface area contributed by atoms with E-state index in [1.807, 2.05) is 12.1 Å². The molecule has 2 aromatic heterocycles. The van der Waals surface area contributed by atoms with E-state index in [2.05, 4.69) is 15.0 Å². The average Bonchev–Trinajstić information content (AvgIpc) is 3.19. The topological polar surface area (TPSA) is 81.8 Å². The Hall–Kier alpha value is -2.60. The van der Waals surface area contributed by atoms with Gasteiger partial charge in [0.1, 0.15) is 11.4 Å². The molecule has 0 saturated carbocycles. The Morgan fingerprint density at radius 2 is 2.08 bits per heavy atom. The van der Waals surface area contributed by atoms with Gasteiger partial charge in [-0.1, -0.05) is 11.6 Å². The summed E-state index contributed by atoms with van der Waals surface area (Å²) in [4.78, 5) is 38.2. The Kier molecular flexibility index (Phi) is 4.07. The van der Waals surface area contributed by atoms with Gasteiger partial charge in [-0.2, -0.15) is 0 Å². The number of carbonyl (C=O) groups excluding carboxylic acids is 1. The Bertz CT molecular complexity index is 1070. The number of benzene rings is 1. The van der Waals surface area contributed by atoms with Gasteiger partial charge in [-0.15, -0.1) is 0 Å². The molecule has 1 fully saturated rings. The zero-order chi connectivity index (χ0) is 18.4. The molecule has 134 valence electrons. The van der Waals surface area contributed by atoms with E-state index >= 15 is 0 Å². The molecule has 26 heavy (non-hydrogen) atoms. The largest absolute Gasteiger partial charge is 0.362 e. The van der Waals surface area contributed by atoms with Crippen LogP contribution in [0.3, 0.4) is 0 Å². The second-order valence-electron chi connectivity index (χ2n) is 6.76. The molecular formula is C19H19ClN4O2. The smallest absolute Gasteiger partial charge is 0.260 e. The number of hydrogen-bond donors (Lipinski definition) is 2. The number of aryl methyl sites for hydroxylation is 2. The van der Waals surface area contributed by atoms with Gasteiger partial charge in [0.05, 0.1) is 17.1 Å². The van der Waals surface area contributed by atoms with Crippen molar-refractivity contribution in [3.05, 3.63) is 62.3 Å². The Morgan fingerprint density at radius 1 is 1.27 bits per heavy atom. The van der Waals surface area contributed by atoms with Crippen molar-refractivity contribution in [2.24, 2.45) is 0 Å². The summed E-state index contributed by atoms with van der Waals surface area (Å²) in [5.41, 5.74) is 2.97. The van der Waals surface area contributed by atoms with E-state index in [1.54, 1.807) is 24.8 Å². The number of pyridine rings is 1. The third-order valence-electron chi connectivity index (χ3n) is 4.86. The van der Waals surface area contributed by atoms with Crippen LogP contribution in [0.5, 0.6) is 0 Å². The van der Waals surface area contributed by atoms with Crippen molar-refractivity contribution in [3.63, 3.8) is 0 Å². The van der Waals surface area contributed by atoms with Crippen molar-refractivity contribution in [2.75, 3.05) is 6.54 Å². The van der Waals surface area contributed by atoms with Crippen molar-refractivity contribution >= 4 is 28.5 Å². The number of aromatic nitrogens is 3. The fraction of sp³-hybridized carbons (Fsp3) is 0.316. The molecule has 6 nitrogen and oxygen atoms in total. The molecule has 3 aromatic rings. The molecule has 1 amide bonds. The maximum atomic E-state index is 13.1. The zero-order valence-corrected chi connectivity index (χ0v) is 15.4. The van der Waals surface area contributed by atoms with Gasteiger partial charge < -0.3 is 14.9 Å². The van der Waals surface area contributed by atoms with E-state index in [1.165, 1.54) is 6.07 Å². The predicted octanol–water partition coefficient (Wildman–Crippen LogP) is 3.50. The van der Waals surface area contributed by atoms with E-state index in [0.717, 1.165) is 35.4 Å². The highest BCUT2D eigenvalue weighted by atomic mass is 35.5. The van der Waals surface area contributed by atoms with Crippen molar-refractivity contribution in [1.82, 2.24) is 19.9 Å². The van der Waals surface area contributed by atoms with Gasteiger partial charge in [0.2, 0.25) is 0 Å². The van der Waals surface area contributed by atoms with Crippen LogP contribution in [0.4, 0.5) is 0 Å². The summed E-state index contributed by atoms with van der Waals surface area (Å²) in [6, 6.07) is 6.76. The minimum Gasteiger partial charge on any atom is -0.362 e. The number of H-pyrrole nitrogens is 2. The average molecular weight is 371 g/mol. The summed E-state index contributed by atoms with van der Waals surface area (Å²) in [6.07, 6.45) is 1.68. The maximum Gasteiger partial charge on any atom is 0.260 e. The molecule has 1 aliphatic rings. The monoisotopic (exact) mass is 370 g/mol. The first kappa shape index (κ1) is 16.8. The van der Waals surface area contributed by atoms with Crippen LogP contribution in [0, 0.1) is 13.8 Å². The number of nitrogens with one attached hydrogen (secondary N) is 2. The van der Waals surface area contributed by atoms with Gasteiger partial charge in [-0.25, -0.2) is 4.98 Å². The van der Waals surface area contributed by atoms with Crippen molar-refractivity contribution in [3.8, 4) is 0 Å². The van der Waals surface area contributed by atoms with Gasteiger partial charge in [0.15, 0.2) is 5.43 Å². The molecular weight excluding hydrogens is 352 g/mol. The number of rotatable bonds is 2. The van der Waals surface area contributed by atoms with Gasteiger partial charge in [-0.05, 0) is 44.9 Å². The molecule has 1 aliphatic heterocycles. The quantitative estimate of drug-likeness (QED) is 0.724. The molecule has 0 aliphatic carbocycles. The molecule has 1 saturated heterocycles. The lowest BCUT2D eigenvalue weighted by Crippen LogP contribution is -2.35. The normalized spacial score (nSPS) is 17.2. The number of carbonyl (C=O) groups is 1. The standard InChI is InChI=1S/C19H19ClN4O2/c1-10-8-16(25)17(11(2)21-10)19(26)24-7-3-4-15(24)18-22-13-6-5-12(20)9-14(13)23-18/h5-6,8-9,15H,3-4,7H2,1-2H3,(H,21,25)(H,22,23). The molecule has 3 heterocycles. The number of imidazole rings is 1. The van der Waals surface area contributed by atoms with E-state index in [0.29, 0.717) is 17.3 Å². The SMILES string of the molecule is Cc1cc(=O)c(C(=O)N2CCCC2c2nc3ccc(Cl)cc3[nH]2)c(C)[nH]1. The van der Waals surface area contributed by atoms with E-state index in [9.17, 15) is 9.59 Å². The molecule has 0 bridgehead atoms. The zero-order valence-electron chi connectivity index (χ0n) is 14.6. The maximum absolute atomic E-state index is 13.1. The number of likely N-dealkylation sites (tertiary alicyclic amines) is 1. The summed E-state index contributed by atoms with van der Waals surface area (Å²) >= 11 is 6.04. The third-order valence-corrected chi connectivity index (χ3v) is 5.09. The Balaban J connectivity index is 1.72. The fourth-order valence-electron chi connectivity index (χ4n) is 3.71. The van der Waals surface area contributed by atoms with Crippen molar-refractivity contribution < 1.29 is 4.79 Å². The van der Waals surface area contributed by atoms with Crippen LogP contribution in [0.2, 0.25) is 5.02 Å². The molecule has 1 aromatic carbocycles. The van der Waals surface area contributed by atoms with Gasteiger partial charge in [0.25, 0.3) is 5.91 Å². The lowest BCUT2D eigenvalue weighted by molar-refractivity contribution is 0.0728. The first-order valence-corrected chi connectivity index (χ1v) is 8.98. The number of nitrogens with zero attached hydrogens (tertiary/aromatic N) is 2. The van der Waals surface area contributed by atoms with Crippen LogP contribution >= 0.6 is 11.6 Å². The van der Waals surface area contributed by atoms with Crippen LogP contribution in [0.15, 0.2) is 29.1 Å². The van der Waals surface area contributed by atoms with Crippen molar-refractivity contribution in [1.29, 1.82) is 0 Å². The summed E-state index contributed by atoms with van der Waals surface area (Å²) in [7, 11) is 0. The van der Waals surface area contributed by atoms with Crippen LogP contribution in [-0.4, -0.2) is 32.3 Å². The molecule has 7 heteroatoms. The van der Waals surface area contributed by atoms with Gasteiger partial charge in [-0.3, -0.25) is 9.59 Å². The number of amides is 1. The van der Waals surface area contributed by atoms with Gasteiger partial charge in [0, 0.05) is 29.0 Å². The van der Waals surface area contributed by atoms with Crippen LogP contribution in [0.25, 0.3) is 11.0 Å². The number of hydrogen-bond acceptors (Lipinski definition) is 3. The molecule has 1 atom stereocenters. The van der Waals surface area contributed by atoms with Crippen LogP contribution in [-0.2, 0) is 0 Å². The highest BCUT2D eigenvalue weighted by molar-refractivity contribution is 6.31. The minimum atomic E-state index is -0.246. The highest BCUT2D eigenvalue weighted by Crippen LogP contribution is 2.33. The molecule has 4 rings (SSSR count). The minimum absolute atomic E-state index is 0.172. The van der Waals surface area contributed by atoms with Crippen molar-refractivity contribution in [2.45, 2.75) is 32.7 Å². The molecule has 1 unspecified atom stereocenters. The Labute approximate surface area is 155 Å². The highest BCUT2D eigenvalue weighted by Gasteiger charge is 2.34. The first-order chi connectivity index (χ1) is 12.4. The predicted molar refractivity (Wildman–Crippen MR) is 101 cm³/mol. The summed E-state index contributed by atoms with van der Waals surface area (Å²) in [6.45, 7) is 4.17. The summed E-state index contributed by atoms with van der Waals surface area (Å²) in [5, 5.41) is 0.633. The second kappa shape index (κ2) is 6.29. The van der Waals surface area contributed by atoms with E-state index < -0.39 is 0 Å². The third kappa shape index (κ3) is 2.80. The summed E-state index contributed by atoms with van der Waals surface area (Å²) < 4.78 is 0. The van der Waals surface area contributed by atoms with E-state index in [-0.39, 0.29) is 22.9 Å². The van der Waals surface area contributed by atoms with Crippen LogP contribution in [0.1, 0.15) is 46.5 Å². The fourth-order valence-corrected chi connectivity index (χ4v) is 3.88. The number of fused-ring (bicyclic) bond motifs is 1. The summed E-state index contributed by atoms with van der Waals surface area (Å²) in [5.74, 6) is 0.485. The van der Waals surface area contributed by atoms with E-state index in [4.69, 9.17) is 11.6 Å². The Morgan fingerprint density at radius 3 is 2.85 bits per heavy atom.